The number of halogens is 1. The van der Waals surface area contributed by atoms with Crippen molar-refractivity contribution in [3.63, 3.8) is 0 Å². The number of hydrogen-bond donors (Lipinski definition) is 1. The van der Waals surface area contributed by atoms with Crippen LogP contribution in [0.2, 0.25) is 0 Å². The lowest BCUT2D eigenvalue weighted by Gasteiger charge is -2.33. The maximum atomic E-state index is 11.9. The quantitative estimate of drug-likeness (QED) is 0.760. The number of amides is 1. The number of carbonyl (C=O) groups is 1. The van der Waals surface area contributed by atoms with E-state index in [1.165, 1.54) is 0 Å². The lowest BCUT2D eigenvalue weighted by molar-refractivity contribution is 0.0477. The highest BCUT2D eigenvalue weighted by atomic mass is 79.9. The van der Waals surface area contributed by atoms with E-state index in [1.54, 1.807) is 12.4 Å². The number of carbonyl (C=O) groups excluding carboxylic acids is 1. The average Bonchev–Trinajstić information content (AvgIpc) is 2.62. The molecule has 0 aliphatic carbocycles. The Kier molecular flexibility index (Phi) is 6.21. The molecule has 2 aromatic rings. The van der Waals surface area contributed by atoms with Gasteiger partial charge in [0.15, 0.2) is 0 Å². The van der Waals surface area contributed by atoms with Crippen LogP contribution in [-0.4, -0.2) is 40.7 Å². The summed E-state index contributed by atoms with van der Waals surface area (Å²) in [5.41, 5.74) is 1.26. The van der Waals surface area contributed by atoms with Gasteiger partial charge in [-0.15, -0.1) is 0 Å². The van der Waals surface area contributed by atoms with E-state index in [0.29, 0.717) is 5.56 Å². The van der Waals surface area contributed by atoms with Gasteiger partial charge in [-0.25, -0.2) is 4.79 Å². The van der Waals surface area contributed by atoms with Crippen LogP contribution in [0.1, 0.15) is 44.7 Å². The van der Waals surface area contributed by atoms with E-state index in [-0.39, 0.29) is 12.1 Å². The van der Waals surface area contributed by atoms with E-state index in [1.807, 2.05) is 26.8 Å². The summed E-state index contributed by atoms with van der Waals surface area (Å²) in [5, 5.41) is 14.3. The van der Waals surface area contributed by atoms with Crippen molar-refractivity contribution in [2.24, 2.45) is 0 Å². The summed E-state index contributed by atoms with van der Waals surface area (Å²) in [7, 11) is 0. The molecular formula is C21H25BrN4O2. The van der Waals surface area contributed by atoms with Crippen molar-refractivity contribution in [1.82, 2.24) is 15.2 Å². The summed E-state index contributed by atoms with van der Waals surface area (Å²) in [6, 6.07) is 6.48. The van der Waals surface area contributed by atoms with Crippen LogP contribution in [0.3, 0.4) is 0 Å². The first-order chi connectivity index (χ1) is 13.2. The Morgan fingerprint density at radius 1 is 1.32 bits per heavy atom. The smallest absolute Gasteiger partial charge is 0.407 e. The SMILES string of the molecule is CC(C)(C)OC(=O)NC1CCN(Cc2cc(C#N)c3cncc(Br)c3c2)CC1. The molecule has 7 heteroatoms. The molecule has 1 aliphatic heterocycles. The van der Waals surface area contributed by atoms with Crippen molar-refractivity contribution in [1.29, 1.82) is 5.26 Å². The van der Waals surface area contributed by atoms with Gasteiger partial charge in [-0.2, -0.15) is 5.26 Å². The van der Waals surface area contributed by atoms with Crippen LogP contribution in [-0.2, 0) is 11.3 Å². The summed E-state index contributed by atoms with van der Waals surface area (Å²) < 4.78 is 6.23. The Balaban J connectivity index is 1.61. The summed E-state index contributed by atoms with van der Waals surface area (Å²) in [4.78, 5) is 18.5. The Hall–Kier alpha value is -2.17. The molecular weight excluding hydrogens is 420 g/mol. The van der Waals surface area contributed by atoms with Crippen molar-refractivity contribution in [3.8, 4) is 6.07 Å². The summed E-state index contributed by atoms with van der Waals surface area (Å²) in [5.74, 6) is 0. The van der Waals surface area contributed by atoms with Gasteiger partial charge in [0, 0.05) is 53.3 Å². The molecule has 0 radical (unpaired) electrons. The van der Waals surface area contributed by atoms with Crippen molar-refractivity contribution in [2.45, 2.75) is 51.8 Å². The molecule has 1 fully saturated rings. The highest BCUT2D eigenvalue weighted by Crippen LogP contribution is 2.27. The Morgan fingerprint density at radius 3 is 2.68 bits per heavy atom. The standard InChI is InChI=1S/C21H25BrN4O2/c1-21(2,3)28-20(27)25-16-4-6-26(7-5-16)13-14-8-15(10-23)18-11-24-12-19(22)17(18)9-14/h8-9,11-12,16H,4-7,13H2,1-3H3,(H,25,27). The van der Waals surface area contributed by atoms with Crippen LogP contribution >= 0.6 is 15.9 Å². The van der Waals surface area contributed by atoms with Gasteiger partial charge in [-0.1, -0.05) is 0 Å². The van der Waals surface area contributed by atoms with Crippen molar-refractivity contribution >= 4 is 32.8 Å². The van der Waals surface area contributed by atoms with Gasteiger partial charge in [-0.3, -0.25) is 9.88 Å². The topological polar surface area (TPSA) is 78.2 Å². The molecule has 0 saturated carbocycles. The number of alkyl carbamates (subject to hydrolysis) is 1. The number of fused-ring (bicyclic) bond motifs is 1. The molecule has 1 aromatic heterocycles. The molecule has 2 heterocycles. The zero-order valence-corrected chi connectivity index (χ0v) is 18.0. The van der Waals surface area contributed by atoms with E-state index in [4.69, 9.17) is 4.74 Å². The maximum absolute atomic E-state index is 11.9. The Bertz CT molecular complexity index is 909. The fourth-order valence-electron chi connectivity index (χ4n) is 3.45. The summed E-state index contributed by atoms with van der Waals surface area (Å²) in [6.07, 6.45) is 4.90. The third-order valence-corrected chi connectivity index (χ3v) is 5.36. The van der Waals surface area contributed by atoms with Crippen LogP contribution in [0.15, 0.2) is 29.0 Å². The zero-order chi connectivity index (χ0) is 20.3. The van der Waals surface area contributed by atoms with Crippen LogP contribution < -0.4 is 5.32 Å². The van der Waals surface area contributed by atoms with E-state index in [2.05, 4.69) is 43.3 Å². The first kappa shape index (κ1) is 20.6. The number of likely N-dealkylation sites (tertiary alicyclic amines) is 1. The zero-order valence-electron chi connectivity index (χ0n) is 16.5. The van der Waals surface area contributed by atoms with Gasteiger partial charge in [0.25, 0.3) is 0 Å². The third-order valence-electron chi connectivity index (χ3n) is 4.72. The Labute approximate surface area is 174 Å². The number of nitrogens with zero attached hydrogens (tertiary/aromatic N) is 3. The highest BCUT2D eigenvalue weighted by molar-refractivity contribution is 9.10. The number of aromatic nitrogens is 1. The minimum Gasteiger partial charge on any atom is -0.444 e. The second kappa shape index (κ2) is 8.46. The first-order valence-corrected chi connectivity index (χ1v) is 10.2. The normalized spacial score (nSPS) is 16.0. The minimum absolute atomic E-state index is 0.137. The fourth-order valence-corrected chi connectivity index (χ4v) is 3.89. The van der Waals surface area contributed by atoms with Gasteiger partial charge < -0.3 is 10.1 Å². The van der Waals surface area contributed by atoms with Gasteiger partial charge in [0.05, 0.1) is 11.6 Å². The fraction of sp³-hybridized carbons (Fsp3) is 0.476. The number of nitrogens with one attached hydrogen (secondary N) is 1. The second-order valence-electron chi connectivity index (χ2n) is 8.17. The molecule has 3 rings (SSSR count). The number of nitriles is 1. The molecule has 1 aromatic carbocycles. The highest BCUT2D eigenvalue weighted by Gasteiger charge is 2.23. The predicted molar refractivity (Wildman–Crippen MR) is 112 cm³/mol. The molecule has 28 heavy (non-hydrogen) atoms. The molecule has 1 saturated heterocycles. The van der Waals surface area contributed by atoms with Crippen LogP contribution in [0.25, 0.3) is 10.8 Å². The largest absolute Gasteiger partial charge is 0.444 e. The minimum atomic E-state index is -0.483. The number of piperidine rings is 1. The molecule has 0 unspecified atom stereocenters. The van der Waals surface area contributed by atoms with Crippen LogP contribution in [0.5, 0.6) is 0 Å². The number of benzene rings is 1. The number of ether oxygens (including phenoxy) is 1. The number of hydrogen-bond acceptors (Lipinski definition) is 5. The monoisotopic (exact) mass is 444 g/mol. The molecule has 1 N–H and O–H groups in total. The predicted octanol–water partition coefficient (Wildman–Crippen LogP) is 4.36. The third kappa shape index (κ3) is 5.21. The summed E-state index contributed by atoms with van der Waals surface area (Å²) in [6.45, 7) is 8.14. The van der Waals surface area contributed by atoms with E-state index >= 15 is 0 Å². The molecule has 0 spiro atoms. The molecule has 0 bridgehead atoms. The van der Waals surface area contributed by atoms with Crippen LogP contribution in [0.4, 0.5) is 4.79 Å². The van der Waals surface area contributed by atoms with Crippen molar-refractivity contribution in [3.05, 3.63) is 40.1 Å². The number of rotatable bonds is 3. The lowest BCUT2D eigenvalue weighted by atomic mass is 10.0. The van der Waals surface area contributed by atoms with Crippen LogP contribution in [0, 0.1) is 11.3 Å². The molecule has 6 nitrogen and oxygen atoms in total. The molecule has 148 valence electrons. The first-order valence-electron chi connectivity index (χ1n) is 9.43. The van der Waals surface area contributed by atoms with Gasteiger partial charge in [0.2, 0.25) is 0 Å². The average molecular weight is 445 g/mol. The Morgan fingerprint density at radius 2 is 2.04 bits per heavy atom. The molecule has 0 atom stereocenters. The van der Waals surface area contributed by atoms with E-state index < -0.39 is 5.60 Å². The van der Waals surface area contributed by atoms with Crippen molar-refractivity contribution < 1.29 is 9.53 Å². The van der Waals surface area contributed by atoms with Crippen molar-refractivity contribution in [2.75, 3.05) is 13.1 Å². The lowest BCUT2D eigenvalue weighted by Crippen LogP contribution is -2.45. The number of pyridine rings is 1. The van der Waals surface area contributed by atoms with E-state index in [9.17, 15) is 10.1 Å². The van der Waals surface area contributed by atoms with E-state index in [0.717, 1.165) is 53.3 Å². The molecule has 1 aliphatic rings. The summed E-state index contributed by atoms with van der Waals surface area (Å²) >= 11 is 3.53. The second-order valence-corrected chi connectivity index (χ2v) is 9.02. The van der Waals surface area contributed by atoms with Gasteiger partial charge >= 0.3 is 6.09 Å². The van der Waals surface area contributed by atoms with Gasteiger partial charge in [0.1, 0.15) is 5.60 Å². The molecule has 1 amide bonds. The van der Waals surface area contributed by atoms with Gasteiger partial charge in [-0.05, 0) is 67.2 Å². The maximum Gasteiger partial charge on any atom is 0.407 e.